The molecule has 0 radical (unpaired) electrons. The average Bonchev–Trinajstić information content (AvgIpc) is 2.14. The van der Waals surface area contributed by atoms with E-state index in [9.17, 15) is 0 Å². The van der Waals surface area contributed by atoms with Crippen molar-refractivity contribution in [3.05, 3.63) is 10.6 Å². The zero-order valence-electron chi connectivity index (χ0n) is 5.59. The van der Waals surface area contributed by atoms with E-state index in [-0.39, 0.29) is 0 Å². The molecular formula is C6H10N2Se. The molecular weight excluding hydrogens is 179 g/mol. The van der Waals surface area contributed by atoms with Crippen LogP contribution >= 0.6 is 0 Å². The topological polar surface area (TPSA) is 38.9 Å². The molecule has 0 bridgehead atoms. The molecule has 0 saturated carbocycles. The Bertz CT molecular complexity index is 193. The fourth-order valence-electron chi connectivity index (χ4n) is 0.566. The first-order valence-electron chi connectivity index (χ1n) is 2.91. The SMILES string of the molecule is CC(C)c1c[se]c(N)n1. The molecule has 0 unspecified atom stereocenters. The molecule has 1 aromatic rings. The Balaban J connectivity index is 2.85. The number of hydrogen-bond donors (Lipinski definition) is 1. The Hall–Kier alpha value is -0.271. The van der Waals surface area contributed by atoms with Crippen LogP contribution in [-0.2, 0) is 0 Å². The Morgan fingerprint density at radius 3 is 2.56 bits per heavy atom. The van der Waals surface area contributed by atoms with E-state index in [1.165, 1.54) is 0 Å². The van der Waals surface area contributed by atoms with Gasteiger partial charge in [0.15, 0.2) is 0 Å². The minimum atomic E-state index is 0.347. The maximum absolute atomic E-state index is 5.49. The van der Waals surface area contributed by atoms with Gasteiger partial charge in [0.1, 0.15) is 0 Å². The zero-order valence-corrected chi connectivity index (χ0v) is 7.30. The van der Waals surface area contributed by atoms with Crippen LogP contribution in [0.2, 0.25) is 0 Å². The molecule has 0 aromatic carbocycles. The third-order valence-corrected chi connectivity index (χ3v) is 2.58. The van der Waals surface area contributed by atoms with Crippen molar-refractivity contribution in [2.45, 2.75) is 19.8 Å². The summed E-state index contributed by atoms with van der Waals surface area (Å²) in [5, 5.41) is 0. The third-order valence-electron chi connectivity index (χ3n) is 1.13. The second kappa shape index (κ2) is 2.54. The number of nitrogens with two attached hydrogens (primary N) is 1. The fraction of sp³-hybridized carbons (Fsp3) is 0.500. The standard InChI is InChI=1S/C6H10N2Se/c1-4(2)5-3-9-6(7)8-5/h3-4H,1-2H3,(H2,7,8). The Kier molecular flexibility index (Phi) is 1.93. The molecule has 3 heteroatoms. The second-order valence-electron chi connectivity index (χ2n) is 2.27. The van der Waals surface area contributed by atoms with Crippen LogP contribution in [0.15, 0.2) is 4.94 Å². The number of hydrogen-bond acceptors (Lipinski definition) is 2. The van der Waals surface area contributed by atoms with Crippen molar-refractivity contribution < 1.29 is 0 Å². The second-order valence-corrected chi connectivity index (χ2v) is 4.13. The first-order valence-corrected chi connectivity index (χ1v) is 4.75. The van der Waals surface area contributed by atoms with Gasteiger partial charge in [-0.1, -0.05) is 0 Å². The van der Waals surface area contributed by atoms with Crippen LogP contribution in [0.1, 0.15) is 25.5 Å². The van der Waals surface area contributed by atoms with Crippen LogP contribution < -0.4 is 5.73 Å². The maximum atomic E-state index is 5.49. The first kappa shape index (κ1) is 6.84. The van der Waals surface area contributed by atoms with Gasteiger partial charge in [-0.05, 0) is 0 Å². The van der Waals surface area contributed by atoms with Crippen molar-refractivity contribution in [2.24, 2.45) is 0 Å². The number of nitrogen functional groups attached to an aromatic ring is 1. The van der Waals surface area contributed by atoms with Gasteiger partial charge in [0.05, 0.1) is 0 Å². The van der Waals surface area contributed by atoms with Crippen LogP contribution in [0.5, 0.6) is 0 Å². The van der Waals surface area contributed by atoms with E-state index in [1.807, 2.05) is 0 Å². The molecule has 2 nitrogen and oxygen atoms in total. The Morgan fingerprint density at radius 2 is 2.33 bits per heavy atom. The molecule has 0 spiro atoms. The van der Waals surface area contributed by atoms with Gasteiger partial charge in [-0.15, -0.1) is 0 Å². The van der Waals surface area contributed by atoms with Crippen molar-refractivity contribution in [3.8, 4) is 0 Å². The van der Waals surface area contributed by atoms with E-state index in [0.29, 0.717) is 20.4 Å². The van der Waals surface area contributed by atoms with Crippen molar-refractivity contribution in [2.75, 3.05) is 5.73 Å². The van der Waals surface area contributed by atoms with Gasteiger partial charge in [-0.25, -0.2) is 0 Å². The van der Waals surface area contributed by atoms with E-state index in [4.69, 9.17) is 5.73 Å². The monoisotopic (exact) mass is 190 g/mol. The van der Waals surface area contributed by atoms with E-state index in [1.54, 1.807) is 0 Å². The summed E-state index contributed by atoms with van der Waals surface area (Å²) in [7, 11) is 0. The molecule has 1 aromatic heterocycles. The summed E-state index contributed by atoms with van der Waals surface area (Å²) in [4.78, 5) is 6.32. The molecule has 9 heavy (non-hydrogen) atoms. The van der Waals surface area contributed by atoms with Crippen LogP contribution in [0.4, 0.5) is 4.69 Å². The fourth-order valence-corrected chi connectivity index (χ4v) is 2.09. The molecule has 1 heterocycles. The normalized spacial score (nSPS) is 10.6. The summed E-state index contributed by atoms with van der Waals surface area (Å²) in [6, 6.07) is 0. The van der Waals surface area contributed by atoms with Gasteiger partial charge < -0.3 is 0 Å². The summed E-state index contributed by atoms with van der Waals surface area (Å²) in [6.07, 6.45) is 0. The van der Waals surface area contributed by atoms with Crippen LogP contribution in [0, 0.1) is 0 Å². The molecule has 0 aliphatic carbocycles. The number of aromatic nitrogens is 1. The molecule has 0 aliphatic heterocycles. The molecule has 1 rings (SSSR count). The van der Waals surface area contributed by atoms with Gasteiger partial charge in [-0.3, -0.25) is 0 Å². The van der Waals surface area contributed by atoms with Gasteiger partial charge in [0.25, 0.3) is 0 Å². The van der Waals surface area contributed by atoms with E-state index < -0.39 is 0 Å². The van der Waals surface area contributed by atoms with Gasteiger partial charge in [-0.2, -0.15) is 0 Å². The quantitative estimate of drug-likeness (QED) is 0.665. The summed E-state index contributed by atoms with van der Waals surface area (Å²) in [6.45, 7) is 4.26. The Labute approximate surface area is 60.8 Å². The molecule has 0 fully saturated rings. The van der Waals surface area contributed by atoms with Crippen molar-refractivity contribution in [3.63, 3.8) is 0 Å². The first-order chi connectivity index (χ1) is 4.20. The van der Waals surface area contributed by atoms with Gasteiger partial charge in [0, 0.05) is 0 Å². The molecule has 0 aliphatic rings. The molecule has 2 N–H and O–H groups in total. The molecule has 0 atom stereocenters. The van der Waals surface area contributed by atoms with Crippen LogP contribution in [0.25, 0.3) is 0 Å². The van der Waals surface area contributed by atoms with Gasteiger partial charge >= 0.3 is 60.3 Å². The molecule has 50 valence electrons. The molecule has 0 amide bonds. The van der Waals surface area contributed by atoms with Crippen molar-refractivity contribution in [1.82, 2.24) is 4.98 Å². The van der Waals surface area contributed by atoms with E-state index >= 15 is 0 Å². The number of nitrogens with zero attached hydrogens (tertiary/aromatic N) is 1. The van der Waals surface area contributed by atoms with Crippen molar-refractivity contribution >= 4 is 19.2 Å². The molecule has 0 saturated heterocycles. The summed E-state index contributed by atoms with van der Waals surface area (Å²) in [5.74, 6) is 0.535. The van der Waals surface area contributed by atoms with Gasteiger partial charge in [0.2, 0.25) is 0 Å². The van der Waals surface area contributed by atoms with Crippen LogP contribution in [0.3, 0.4) is 0 Å². The van der Waals surface area contributed by atoms with E-state index in [2.05, 4.69) is 23.8 Å². The number of rotatable bonds is 1. The van der Waals surface area contributed by atoms with Crippen LogP contribution in [-0.4, -0.2) is 19.5 Å². The Morgan fingerprint density at radius 1 is 1.67 bits per heavy atom. The zero-order chi connectivity index (χ0) is 6.85. The summed E-state index contributed by atoms with van der Waals surface area (Å²) < 4.78 is 0.811. The van der Waals surface area contributed by atoms with Crippen molar-refractivity contribution in [1.29, 1.82) is 0 Å². The average molecular weight is 189 g/mol. The summed E-state index contributed by atoms with van der Waals surface area (Å²) >= 11 is 0.347. The predicted molar refractivity (Wildman–Crippen MR) is 39.7 cm³/mol. The predicted octanol–water partition coefficient (Wildman–Crippen LogP) is 0.844. The van der Waals surface area contributed by atoms with E-state index in [0.717, 1.165) is 10.4 Å². The number of anilines is 1. The summed E-state index contributed by atoms with van der Waals surface area (Å²) in [5.41, 5.74) is 6.65. The minimum absolute atomic E-state index is 0.347. The third kappa shape index (κ3) is 1.57.